The molecule has 1 saturated heterocycles. The van der Waals surface area contributed by atoms with Crippen molar-refractivity contribution in [3.05, 3.63) is 0 Å². The molecule has 1 fully saturated rings. The average molecular weight is 238 g/mol. The zero-order valence-electron chi connectivity index (χ0n) is 8.40. The SMILES string of the molecule is CC1SCCCC1(C#N)NCC(F)(F)F. The normalized spacial score (nSPS) is 32.3. The molecule has 0 spiro atoms. The smallest absolute Gasteiger partial charge is 0.290 e. The molecule has 0 radical (unpaired) electrons. The summed E-state index contributed by atoms with van der Waals surface area (Å²) in [4.78, 5) is 0. The standard InChI is InChI=1S/C9H13F3N2S/c1-7-8(5-13,3-2-4-15-7)14-6-9(10,11)12/h7,14H,2-4,6H2,1H3. The minimum Gasteiger partial charge on any atom is -0.290 e. The quantitative estimate of drug-likeness (QED) is 0.802. The predicted octanol–water partition coefficient (Wildman–Crippen LogP) is 2.32. The van der Waals surface area contributed by atoms with Gasteiger partial charge in [0, 0.05) is 5.25 Å². The molecule has 86 valence electrons. The second kappa shape index (κ2) is 4.62. The third kappa shape index (κ3) is 3.28. The van der Waals surface area contributed by atoms with E-state index in [4.69, 9.17) is 5.26 Å². The Kier molecular flexibility index (Phi) is 3.90. The van der Waals surface area contributed by atoms with Gasteiger partial charge in [-0.25, -0.2) is 0 Å². The van der Waals surface area contributed by atoms with Crippen LogP contribution in [0.1, 0.15) is 19.8 Å². The summed E-state index contributed by atoms with van der Waals surface area (Å²) in [6, 6.07) is 2.01. The number of nitrogens with one attached hydrogen (secondary N) is 1. The first-order valence-corrected chi connectivity index (χ1v) is 5.79. The molecule has 1 rings (SSSR count). The summed E-state index contributed by atoms with van der Waals surface area (Å²) in [6.45, 7) is 0.710. The van der Waals surface area contributed by atoms with Gasteiger partial charge in [0.2, 0.25) is 0 Å². The monoisotopic (exact) mass is 238 g/mol. The van der Waals surface area contributed by atoms with Gasteiger partial charge in [0.15, 0.2) is 0 Å². The van der Waals surface area contributed by atoms with Crippen LogP contribution < -0.4 is 5.32 Å². The second-order valence-corrected chi connectivity index (χ2v) is 5.12. The predicted molar refractivity (Wildman–Crippen MR) is 53.6 cm³/mol. The van der Waals surface area contributed by atoms with Crippen molar-refractivity contribution >= 4 is 11.8 Å². The van der Waals surface area contributed by atoms with Crippen LogP contribution in [-0.2, 0) is 0 Å². The number of nitriles is 1. The Balaban J connectivity index is 2.64. The number of hydrogen-bond acceptors (Lipinski definition) is 3. The van der Waals surface area contributed by atoms with E-state index in [0.717, 1.165) is 12.2 Å². The van der Waals surface area contributed by atoms with Crippen LogP contribution >= 0.6 is 11.8 Å². The molecule has 0 bridgehead atoms. The first-order valence-electron chi connectivity index (χ1n) is 4.74. The Morgan fingerprint density at radius 1 is 1.60 bits per heavy atom. The highest BCUT2D eigenvalue weighted by Gasteiger charge is 2.41. The van der Waals surface area contributed by atoms with E-state index in [-0.39, 0.29) is 5.25 Å². The fourth-order valence-corrected chi connectivity index (χ4v) is 2.84. The summed E-state index contributed by atoms with van der Waals surface area (Å²) < 4.78 is 36.2. The molecule has 2 unspecified atom stereocenters. The van der Waals surface area contributed by atoms with Crippen LogP contribution in [-0.4, -0.2) is 29.3 Å². The van der Waals surface area contributed by atoms with Crippen molar-refractivity contribution in [1.29, 1.82) is 5.26 Å². The zero-order chi connectivity index (χ0) is 11.5. The van der Waals surface area contributed by atoms with Gasteiger partial charge in [0.1, 0.15) is 5.54 Å². The van der Waals surface area contributed by atoms with E-state index in [2.05, 4.69) is 5.32 Å². The van der Waals surface area contributed by atoms with Crippen LogP contribution in [0.4, 0.5) is 13.2 Å². The maximum absolute atomic E-state index is 12.1. The Morgan fingerprint density at radius 3 is 2.73 bits per heavy atom. The van der Waals surface area contributed by atoms with Crippen molar-refractivity contribution in [2.24, 2.45) is 0 Å². The van der Waals surface area contributed by atoms with Gasteiger partial charge in [-0.1, -0.05) is 6.92 Å². The van der Waals surface area contributed by atoms with Crippen LogP contribution in [0.2, 0.25) is 0 Å². The van der Waals surface area contributed by atoms with Gasteiger partial charge in [0.25, 0.3) is 0 Å². The van der Waals surface area contributed by atoms with Gasteiger partial charge >= 0.3 is 6.18 Å². The topological polar surface area (TPSA) is 35.8 Å². The van der Waals surface area contributed by atoms with Gasteiger partial charge in [-0.05, 0) is 18.6 Å². The van der Waals surface area contributed by atoms with Crippen molar-refractivity contribution in [2.45, 2.75) is 36.7 Å². The third-order valence-electron chi connectivity index (χ3n) is 2.58. The number of nitrogens with zero attached hydrogens (tertiary/aromatic N) is 1. The van der Waals surface area contributed by atoms with Gasteiger partial charge < -0.3 is 0 Å². The van der Waals surface area contributed by atoms with Crippen molar-refractivity contribution < 1.29 is 13.2 Å². The lowest BCUT2D eigenvalue weighted by Gasteiger charge is -2.37. The van der Waals surface area contributed by atoms with Crippen LogP contribution in [0.3, 0.4) is 0 Å². The van der Waals surface area contributed by atoms with Crippen molar-refractivity contribution in [2.75, 3.05) is 12.3 Å². The molecule has 15 heavy (non-hydrogen) atoms. The maximum atomic E-state index is 12.1. The van der Waals surface area contributed by atoms with E-state index in [1.54, 1.807) is 18.7 Å². The highest BCUT2D eigenvalue weighted by molar-refractivity contribution is 8.00. The molecule has 0 amide bonds. The molecule has 1 aliphatic rings. The minimum absolute atomic E-state index is 0.0985. The Bertz CT molecular complexity index is 261. The Hall–Kier alpha value is -0.410. The lowest BCUT2D eigenvalue weighted by Crippen LogP contribution is -2.55. The van der Waals surface area contributed by atoms with E-state index in [1.165, 1.54) is 0 Å². The first-order chi connectivity index (χ1) is 6.90. The number of thioether (sulfide) groups is 1. The van der Waals surface area contributed by atoms with Crippen molar-refractivity contribution in [3.8, 4) is 6.07 Å². The molecule has 2 atom stereocenters. The molecular weight excluding hydrogens is 225 g/mol. The summed E-state index contributed by atoms with van der Waals surface area (Å²) in [5.41, 5.74) is -1.02. The fraction of sp³-hybridized carbons (Fsp3) is 0.889. The van der Waals surface area contributed by atoms with Crippen LogP contribution in [0, 0.1) is 11.3 Å². The Morgan fingerprint density at radius 2 is 2.27 bits per heavy atom. The molecular formula is C9H13F3N2S. The molecule has 1 heterocycles. The number of hydrogen-bond donors (Lipinski definition) is 1. The molecule has 1 aliphatic heterocycles. The molecule has 0 saturated carbocycles. The molecule has 2 nitrogen and oxygen atoms in total. The van der Waals surface area contributed by atoms with Gasteiger partial charge in [-0.2, -0.15) is 30.2 Å². The van der Waals surface area contributed by atoms with E-state index in [0.29, 0.717) is 6.42 Å². The van der Waals surface area contributed by atoms with Crippen LogP contribution in [0.25, 0.3) is 0 Å². The largest absolute Gasteiger partial charge is 0.401 e. The highest BCUT2D eigenvalue weighted by atomic mass is 32.2. The van der Waals surface area contributed by atoms with E-state index in [1.807, 2.05) is 6.07 Å². The number of alkyl halides is 3. The van der Waals surface area contributed by atoms with E-state index >= 15 is 0 Å². The lowest BCUT2D eigenvalue weighted by atomic mass is 9.91. The molecule has 6 heteroatoms. The maximum Gasteiger partial charge on any atom is 0.401 e. The zero-order valence-corrected chi connectivity index (χ0v) is 9.21. The fourth-order valence-electron chi connectivity index (χ4n) is 1.63. The summed E-state index contributed by atoms with van der Waals surface area (Å²) in [5, 5.41) is 11.3. The summed E-state index contributed by atoms with van der Waals surface area (Å²) in [7, 11) is 0. The third-order valence-corrected chi connectivity index (χ3v) is 4.01. The minimum atomic E-state index is -4.26. The number of halogens is 3. The van der Waals surface area contributed by atoms with Crippen molar-refractivity contribution in [1.82, 2.24) is 5.32 Å². The van der Waals surface area contributed by atoms with E-state index in [9.17, 15) is 13.2 Å². The van der Waals surface area contributed by atoms with Gasteiger partial charge in [0.05, 0.1) is 12.6 Å². The van der Waals surface area contributed by atoms with Crippen LogP contribution in [0.15, 0.2) is 0 Å². The second-order valence-electron chi connectivity index (χ2n) is 3.67. The van der Waals surface area contributed by atoms with Gasteiger partial charge in [-0.15, -0.1) is 0 Å². The summed E-state index contributed by atoms with van der Waals surface area (Å²) >= 11 is 1.55. The highest BCUT2D eigenvalue weighted by Crippen LogP contribution is 2.34. The average Bonchev–Trinajstić information content (AvgIpc) is 2.16. The Labute approximate surface area is 91.2 Å². The lowest BCUT2D eigenvalue weighted by molar-refractivity contribution is -0.127. The van der Waals surface area contributed by atoms with E-state index < -0.39 is 18.3 Å². The molecule has 0 aromatic carbocycles. The van der Waals surface area contributed by atoms with Gasteiger partial charge in [-0.3, -0.25) is 5.32 Å². The van der Waals surface area contributed by atoms with Crippen LogP contribution in [0.5, 0.6) is 0 Å². The summed E-state index contributed by atoms with van der Waals surface area (Å²) in [5.74, 6) is 0.915. The van der Waals surface area contributed by atoms with Crippen molar-refractivity contribution in [3.63, 3.8) is 0 Å². The first kappa shape index (κ1) is 12.7. The molecule has 0 aromatic rings. The summed E-state index contributed by atoms with van der Waals surface area (Å²) in [6.07, 6.45) is -2.98. The number of rotatable bonds is 2. The molecule has 0 aliphatic carbocycles. The molecule has 1 N–H and O–H groups in total. The molecule has 0 aromatic heterocycles.